The zero-order chi connectivity index (χ0) is 8.10. The molecular formula is C7H9NO3. The Labute approximate surface area is 64.5 Å². The van der Waals surface area contributed by atoms with Gasteiger partial charge in [0.15, 0.2) is 12.4 Å². The first kappa shape index (κ1) is 7.78. The predicted octanol–water partition coefficient (Wildman–Crippen LogP) is 0.144. The maximum absolute atomic E-state index is 10.6. The van der Waals surface area contributed by atoms with Crippen molar-refractivity contribution < 1.29 is 14.3 Å². The summed E-state index contributed by atoms with van der Waals surface area (Å²) in [6, 6.07) is 0. The van der Waals surface area contributed by atoms with Gasteiger partial charge in [-0.05, 0) is 6.08 Å². The monoisotopic (exact) mass is 155 g/mol. The summed E-state index contributed by atoms with van der Waals surface area (Å²) in [5.41, 5.74) is 0. The van der Waals surface area contributed by atoms with Crippen molar-refractivity contribution in [2.75, 3.05) is 19.8 Å². The largest absolute Gasteiger partial charge is 0.449 e. The van der Waals surface area contributed by atoms with E-state index < -0.39 is 0 Å². The van der Waals surface area contributed by atoms with Crippen LogP contribution in [-0.2, 0) is 14.3 Å². The molecule has 11 heavy (non-hydrogen) atoms. The van der Waals surface area contributed by atoms with Gasteiger partial charge in [-0.3, -0.25) is 4.79 Å². The van der Waals surface area contributed by atoms with Gasteiger partial charge in [-0.25, -0.2) is 4.99 Å². The lowest BCUT2D eigenvalue weighted by Crippen LogP contribution is -2.11. The van der Waals surface area contributed by atoms with Gasteiger partial charge in [0.25, 0.3) is 0 Å². The van der Waals surface area contributed by atoms with E-state index in [0.29, 0.717) is 13.2 Å². The predicted molar refractivity (Wildman–Crippen MR) is 39.4 cm³/mol. The van der Waals surface area contributed by atoms with Gasteiger partial charge in [-0.2, -0.15) is 0 Å². The quantitative estimate of drug-likeness (QED) is 0.545. The fourth-order valence-electron chi connectivity index (χ4n) is 0.595. The summed E-state index contributed by atoms with van der Waals surface area (Å²) >= 11 is 0. The number of aliphatic imine (C=N–C) groups is 1. The van der Waals surface area contributed by atoms with Crippen molar-refractivity contribution in [1.82, 2.24) is 0 Å². The van der Waals surface area contributed by atoms with Crippen LogP contribution in [0.2, 0.25) is 0 Å². The second-order valence-corrected chi connectivity index (χ2v) is 1.96. The number of carbonyl (C=O) groups is 1. The zero-order valence-corrected chi connectivity index (χ0v) is 6.08. The molecule has 0 amide bonds. The topological polar surface area (TPSA) is 47.9 Å². The van der Waals surface area contributed by atoms with Crippen molar-refractivity contribution >= 4 is 11.9 Å². The minimum Gasteiger partial charge on any atom is -0.449 e. The third-order valence-electron chi connectivity index (χ3n) is 1.12. The lowest BCUT2D eigenvalue weighted by molar-refractivity contribution is -0.117. The van der Waals surface area contributed by atoms with Gasteiger partial charge in [0.2, 0.25) is 0 Å². The summed E-state index contributed by atoms with van der Waals surface area (Å²) < 4.78 is 9.75. The van der Waals surface area contributed by atoms with Crippen LogP contribution in [0.15, 0.2) is 17.6 Å². The first-order valence-corrected chi connectivity index (χ1v) is 3.28. The molecule has 4 heteroatoms. The van der Waals surface area contributed by atoms with Crippen molar-refractivity contribution in [3.63, 3.8) is 0 Å². The average molecular weight is 155 g/mol. The Bertz CT molecular complexity index is 198. The zero-order valence-electron chi connectivity index (χ0n) is 6.08. The van der Waals surface area contributed by atoms with E-state index in [9.17, 15) is 4.79 Å². The van der Waals surface area contributed by atoms with E-state index in [2.05, 4.69) is 11.6 Å². The molecule has 0 bridgehead atoms. The fraction of sp³-hybridized carbons (Fsp3) is 0.429. The number of rotatable bonds is 3. The molecule has 0 atom stereocenters. The molecule has 0 N–H and O–H groups in total. The molecule has 0 aliphatic carbocycles. The van der Waals surface area contributed by atoms with Crippen LogP contribution in [0.5, 0.6) is 0 Å². The molecular weight excluding hydrogens is 146 g/mol. The van der Waals surface area contributed by atoms with Crippen LogP contribution in [0.25, 0.3) is 0 Å². The van der Waals surface area contributed by atoms with E-state index in [1.165, 1.54) is 6.08 Å². The minimum absolute atomic E-state index is 0.0394. The summed E-state index contributed by atoms with van der Waals surface area (Å²) in [4.78, 5) is 14.4. The lowest BCUT2D eigenvalue weighted by Gasteiger charge is -2.00. The summed E-state index contributed by atoms with van der Waals surface area (Å²) in [6.07, 6.45) is 1.41. The molecule has 0 aromatic carbocycles. The normalized spacial score (nSPS) is 15.1. The number of ketones is 1. The van der Waals surface area contributed by atoms with Crippen molar-refractivity contribution in [2.45, 2.75) is 0 Å². The number of hydrogen-bond donors (Lipinski definition) is 0. The van der Waals surface area contributed by atoms with Gasteiger partial charge >= 0.3 is 6.08 Å². The van der Waals surface area contributed by atoms with E-state index >= 15 is 0 Å². The van der Waals surface area contributed by atoms with E-state index in [0.717, 1.165) is 0 Å². The van der Waals surface area contributed by atoms with Gasteiger partial charge < -0.3 is 9.47 Å². The van der Waals surface area contributed by atoms with Crippen LogP contribution in [-0.4, -0.2) is 31.6 Å². The molecule has 1 aliphatic heterocycles. The first-order valence-electron chi connectivity index (χ1n) is 3.28. The summed E-state index contributed by atoms with van der Waals surface area (Å²) in [5.74, 6) is -0.178. The SMILES string of the molecule is C=CC(=O)COC1=NCCO1. The third kappa shape index (κ3) is 2.41. The number of carbonyl (C=O) groups excluding carboxylic acids is 1. The molecule has 0 saturated carbocycles. The molecule has 0 unspecified atom stereocenters. The van der Waals surface area contributed by atoms with E-state index in [1.807, 2.05) is 0 Å². The van der Waals surface area contributed by atoms with Gasteiger partial charge in [0.1, 0.15) is 6.61 Å². The van der Waals surface area contributed by atoms with Gasteiger partial charge in [-0.1, -0.05) is 6.58 Å². The Balaban J connectivity index is 2.21. The molecule has 0 saturated heterocycles. The van der Waals surface area contributed by atoms with Crippen molar-refractivity contribution in [1.29, 1.82) is 0 Å². The minimum atomic E-state index is -0.178. The van der Waals surface area contributed by atoms with E-state index in [1.54, 1.807) is 0 Å². The molecule has 0 radical (unpaired) electrons. The van der Waals surface area contributed by atoms with E-state index in [-0.39, 0.29) is 18.5 Å². The Morgan fingerprint density at radius 2 is 2.73 bits per heavy atom. The highest BCUT2D eigenvalue weighted by Gasteiger charge is 2.08. The van der Waals surface area contributed by atoms with Crippen LogP contribution >= 0.6 is 0 Å². The molecule has 1 rings (SSSR count). The van der Waals surface area contributed by atoms with Crippen LogP contribution in [0.1, 0.15) is 0 Å². The molecule has 0 aromatic heterocycles. The molecule has 1 heterocycles. The van der Waals surface area contributed by atoms with Crippen LogP contribution < -0.4 is 0 Å². The number of nitrogens with zero attached hydrogens (tertiary/aromatic N) is 1. The molecule has 0 aromatic rings. The summed E-state index contributed by atoms with van der Waals surface area (Å²) in [7, 11) is 0. The summed E-state index contributed by atoms with van der Waals surface area (Å²) in [6.45, 7) is 4.40. The van der Waals surface area contributed by atoms with Crippen molar-refractivity contribution in [2.24, 2.45) is 4.99 Å². The van der Waals surface area contributed by atoms with Crippen LogP contribution in [0, 0.1) is 0 Å². The van der Waals surface area contributed by atoms with Gasteiger partial charge in [-0.15, -0.1) is 0 Å². The molecule has 1 aliphatic rings. The number of ether oxygens (including phenoxy) is 2. The highest BCUT2D eigenvalue weighted by atomic mass is 16.7. The van der Waals surface area contributed by atoms with Crippen LogP contribution in [0.3, 0.4) is 0 Å². The van der Waals surface area contributed by atoms with Gasteiger partial charge in [0.05, 0.1) is 6.54 Å². The van der Waals surface area contributed by atoms with E-state index in [4.69, 9.17) is 9.47 Å². The molecule has 4 nitrogen and oxygen atoms in total. The Hall–Kier alpha value is -1.32. The maximum Gasteiger partial charge on any atom is 0.384 e. The van der Waals surface area contributed by atoms with Crippen LogP contribution in [0.4, 0.5) is 0 Å². The highest BCUT2D eigenvalue weighted by Crippen LogP contribution is 1.95. The lowest BCUT2D eigenvalue weighted by atomic mass is 10.4. The fourth-order valence-corrected chi connectivity index (χ4v) is 0.595. The Morgan fingerprint density at radius 1 is 1.91 bits per heavy atom. The Kier molecular flexibility index (Phi) is 2.66. The smallest absolute Gasteiger partial charge is 0.384 e. The number of hydrogen-bond acceptors (Lipinski definition) is 4. The van der Waals surface area contributed by atoms with Crippen molar-refractivity contribution in [3.05, 3.63) is 12.7 Å². The van der Waals surface area contributed by atoms with Gasteiger partial charge in [0, 0.05) is 0 Å². The summed E-state index contributed by atoms with van der Waals surface area (Å²) in [5, 5.41) is 0. The molecule has 60 valence electrons. The van der Waals surface area contributed by atoms with Crippen molar-refractivity contribution in [3.8, 4) is 0 Å². The molecule has 0 spiro atoms. The highest BCUT2D eigenvalue weighted by molar-refractivity contribution is 5.91. The first-order chi connectivity index (χ1) is 5.33. The Morgan fingerprint density at radius 3 is 3.27 bits per heavy atom. The maximum atomic E-state index is 10.6. The second kappa shape index (κ2) is 3.75. The molecule has 0 fully saturated rings. The standard InChI is InChI=1S/C7H9NO3/c1-2-6(9)5-11-7-8-3-4-10-7/h2H,1,3-5H2. The second-order valence-electron chi connectivity index (χ2n) is 1.96. The third-order valence-corrected chi connectivity index (χ3v) is 1.12. The average Bonchev–Trinajstić information content (AvgIpc) is 2.52.